The summed E-state index contributed by atoms with van der Waals surface area (Å²) in [5, 5.41) is 11.2. The highest BCUT2D eigenvalue weighted by Gasteiger charge is 2.16. The van der Waals surface area contributed by atoms with Crippen LogP contribution in [-0.2, 0) is 9.59 Å². The van der Waals surface area contributed by atoms with E-state index in [1.54, 1.807) is 14.1 Å². The van der Waals surface area contributed by atoms with Gasteiger partial charge in [0.15, 0.2) is 0 Å². The van der Waals surface area contributed by atoms with Crippen molar-refractivity contribution in [2.75, 3.05) is 19.4 Å². The third-order valence-corrected chi connectivity index (χ3v) is 2.44. The summed E-state index contributed by atoms with van der Waals surface area (Å²) in [4.78, 5) is 35.1. The molecular weight excluding hydrogens is 272 g/mol. The maximum atomic E-state index is 11.9. The first-order chi connectivity index (χ1) is 8.81. The van der Waals surface area contributed by atoms with Gasteiger partial charge in [-0.25, -0.2) is 0 Å². The number of carbonyl (C=O) groups is 3. The molecule has 0 aliphatic heterocycles. The standard InChI is InChI=1S/C12H13ClN2O4/c1-15(2)12(19)8-4-3-7(13)5-9(8)14-10(16)6-11(17)18/h3-5H,6H2,1-2H3,(H,14,16)(H,17,18). The molecule has 1 aromatic rings. The number of rotatable bonds is 4. The van der Waals surface area contributed by atoms with Crippen molar-refractivity contribution in [2.45, 2.75) is 6.42 Å². The maximum absolute atomic E-state index is 11.9. The molecule has 0 aliphatic rings. The van der Waals surface area contributed by atoms with Gasteiger partial charge in [0.25, 0.3) is 5.91 Å². The Morgan fingerprint density at radius 3 is 2.47 bits per heavy atom. The first kappa shape index (κ1) is 15.0. The van der Waals surface area contributed by atoms with E-state index >= 15 is 0 Å². The van der Waals surface area contributed by atoms with Crippen LogP contribution in [0.2, 0.25) is 5.02 Å². The van der Waals surface area contributed by atoms with Crippen LogP contribution in [0, 0.1) is 0 Å². The molecular formula is C12H13ClN2O4. The second kappa shape index (κ2) is 6.19. The number of hydrogen-bond donors (Lipinski definition) is 2. The smallest absolute Gasteiger partial charge is 0.312 e. The Balaban J connectivity index is 3.04. The van der Waals surface area contributed by atoms with Gasteiger partial charge in [-0.15, -0.1) is 0 Å². The molecule has 6 nitrogen and oxygen atoms in total. The molecule has 0 saturated heterocycles. The number of halogens is 1. The van der Waals surface area contributed by atoms with Crippen LogP contribution in [0.5, 0.6) is 0 Å². The van der Waals surface area contributed by atoms with E-state index in [0.717, 1.165) is 0 Å². The van der Waals surface area contributed by atoms with Gasteiger partial charge >= 0.3 is 5.97 Å². The molecule has 1 aromatic carbocycles. The molecule has 2 amide bonds. The predicted molar refractivity (Wildman–Crippen MR) is 70.4 cm³/mol. The monoisotopic (exact) mass is 284 g/mol. The quantitative estimate of drug-likeness (QED) is 0.820. The van der Waals surface area contributed by atoms with Crippen LogP contribution >= 0.6 is 11.6 Å². The Morgan fingerprint density at radius 1 is 1.32 bits per heavy atom. The van der Waals surface area contributed by atoms with Gasteiger partial charge in [-0.1, -0.05) is 11.6 Å². The first-order valence-corrected chi connectivity index (χ1v) is 5.72. The molecule has 0 aromatic heterocycles. The number of amides is 2. The van der Waals surface area contributed by atoms with Gasteiger partial charge < -0.3 is 15.3 Å². The van der Waals surface area contributed by atoms with Crippen LogP contribution < -0.4 is 5.32 Å². The molecule has 0 bridgehead atoms. The van der Waals surface area contributed by atoms with Gasteiger partial charge in [0.1, 0.15) is 6.42 Å². The first-order valence-electron chi connectivity index (χ1n) is 5.34. The lowest BCUT2D eigenvalue weighted by atomic mass is 10.1. The van der Waals surface area contributed by atoms with Gasteiger partial charge in [0.05, 0.1) is 11.3 Å². The van der Waals surface area contributed by atoms with Gasteiger partial charge in [-0.2, -0.15) is 0 Å². The molecule has 2 N–H and O–H groups in total. The molecule has 0 atom stereocenters. The molecule has 0 unspecified atom stereocenters. The van der Waals surface area contributed by atoms with Crippen molar-refractivity contribution in [3.05, 3.63) is 28.8 Å². The van der Waals surface area contributed by atoms with Crippen molar-refractivity contribution in [3.8, 4) is 0 Å². The number of carbonyl (C=O) groups excluding carboxylic acids is 2. The summed E-state index contributed by atoms with van der Waals surface area (Å²) in [7, 11) is 3.14. The van der Waals surface area contributed by atoms with E-state index in [4.69, 9.17) is 16.7 Å². The van der Waals surface area contributed by atoms with Crippen molar-refractivity contribution in [1.29, 1.82) is 0 Å². The Hall–Kier alpha value is -2.08. The summed E-state index contributed by atoms with van der Waals surface area (Å²) in [5.74, 6) is -2.29. The van der Waals surface area contributed by atoms with Crippen LogP contribution in [0.15, 0.2) is 18.2 Å². The summed E-state index contributed by atoms with van der Waals surface area (Å²) < 4.78 is 0. The third-order valence-electron chi connectivity index (χ3n) is 2.20. The van der Waals surface area contributed by atoms with Gasteiger partial charge in [-0.3, -0.25) is 14.4 Å². The number of hydrogen-bond acceptors (Lipinski definition) is 3. The number of carboxylic acids is 1. The molecule has 0 fully saturated rings. The molecule has 1 rings (SSSR count). The minimum Gasteiger partial charge on any atom is -0.481 e. The fraction of sp³-hybridized carbons (Fsp3) is 0.250. The Bertz CT molecular complexity index is 528. The Morgan fingerprint density at radius 2 is 1.95 bits per heavy atom. The van der Waals surface area contributed by atoms with Crippen molar-refractivity contribution >= 4 is 35.1 Å². The number of anilines is 1. The molecule has 19 heavy (non-hydrogen) atoms. The summed E-state index contributed by atoms with van der Waals surface area (Å²) >= 11 is 5.80. The number of carboxylic acid groups (broad SMARTS) is 1. The van der Waals surface area contributed by atoms with Crippen molar-refractivity contribution < 1.29 is 19.5 Å². The number of aliphatic carboxylic acids is 1. The number of nitrogens with zero attached hydrogens (tertiary/aromatic N) is 1. The fourth-order valence-electron chi connectivity index (χ4n) is 1.38. The third kappa shape index (κ3) is 4.26. The van der Waals surface area contributed by atoms with E-state index < -0.39 is 18.3 Å². The molecule has 0 spiro atoms. The highest BCUT2D eigenvalue weighted by atomic mass is 35.5. The molecule has 102 valence electrons. The van der Waals surface area contributed by atoms with E-state index in [2.05, 4.69) is 5.32 Å². The fourth-order valence-corrected chi connectivity index (χ4v) is 1.55. The molecule has 0 heterocycles. The average Bonchev–Trinajstić information content (AvgIpc) is 2.26. The lowest BCUT2D eigenvalue weighted by molar-refractivity contribution is -0.139. The minimum absolute atomic E-state index is 0.192. The summed E-state index contributed by atoms with van der Waals surface area (Å²) in [6, 6.07) is 4.39. The van der Waals surface area contributed by atoms with Crippen LogP contribution in [0.1, 0.15) is 16.8 Å². The highest BCUT2D eigenvalue weighted by molar-refractivity contribution is 6.31. The van der Waals surface area contributed by atoms with Crippen LogP contribution in [0.4, 0.5) is 5.69 Å². The molecule has 0 radical (unpaired) electrons. The zero-order chi connectivity index (χ0) is 14.6. The second-order valence-corrected chi connectivity index (χ2v) is 4.44. The van der Waals surface area contributed by atoms with E-state index in [1.165, 1.54) is 23.1 Å². The van der Waals surface area contributed by atoms with E-state index in [-0.39, 0.29) is 17.2 Å². The highest BCUT2D eigenvalue weighted by Crippen LogP contribution is 2.22. The van der Waals surface area contributed by atoms with Gasteiger partial charge in [-0.05, 0) is 18.2 Å². The topological polar surface area (TPSA) is 86.7 Å². The predicted octanol–water partition coefficient (Wildman–Crippen LogP) is 1.46. The lowest BCUT2D eigenvalue weighted by Crippen LogP contribution is -2.24. The maximum Gasteiger partial charge on any atom is 0.312 e. The average molecular weight is 285 g/mol. The van der Waals surface area contributed by atoms with Gasteiger partial charge in [0, 0.05) is 19.1 Å². The lowest BCUT2D eigenvalue weighted by Gasteiger charge is -2.14. The summed E-state index contributed by atoms with van der Waals surface area (Å²) in [6.45, 7) is 0. The van der Waals surface area contributed by atoms with E-state index in [9.17, 15) is 14.4 Å². The Kier molecular flexibility index (Phi) is 4.88. The van der Waals surface area contributed by atoms with Crippen LogP contribution in [-0.4, -0.2) is 41.9 Å². The number of benzene rings is 1. The van der Waals surface area contributed by atoms with Crippen molar-refractivity contribution in [3.63, 3.8) is 0 Å². The normalized spacial score (nSPS) is 9.84. The molecule has 0 aliphatic carbocycles. The summed E-state index contributed by atoms with van der Waals surface area (Å²) in [5.41, 5.74) is 0.436. The van der Waals surface area contributed by atoms with E-state index in [0.29, 0.717) is 5.02 Å². The van der Waals surface area contributed by atoms with Crippen LogP contribution in [0.25, 0.3) is 0 Å². The second-order valence-electron chi connectivity index (χ2n) is 4.01. The largest absolute Gasteiger partial charge is 0.481 e. The number of nitrogens with one attached hydrogen (secondary N) is 1. The zero-order valence-corrected chi connectivity index (χ0v) is 11.2. The minimum atomic E-state index is -1.25. The van der Waals surface area contributed by atoms with Gasteiger partial charge in [0.2, 0.25) is 5.91 Å². The molecule has 7 heteroatoms. The molecule has 0 saturated carbocycles. The summed E-state index contributed by atoms with van der Waals surface area (Å²) in [6.07, 6.45) is -0.678. The zero-order valence-electron chi connectivity index (χ0n) is 10.4. The van der Waals surface area contributed by atoms with Crippen molar-refractivity contribution in [2.24, 2.45) is 0 Å². The van der Waals surface area contributed by atoms with Crippen LogP contribution in [0.3, 0.4) is 0 Å². The van der Waals surface area contributed by atoms with Crippen molar-refractivity contribution in [1.82, 2.24) is 4.90 Å². The Labute approximate surface area is 115 Å². The SMILES string of the molecule is CN(C)C(=O)c1ccc(Cl)cc1NC(=O)CC(=O)O. The van der Waals surface area contributed by atoms with E-state index in [1.807, 2.05) is 0 Å².